The van der Waals surface area contributed by atoms with Crippen molar-refractivity contribution in [2.45, 2.75) is 4.90 Å². The van der Waals surface area contributed by atoms with Crippen molar-refractivity contribution in [2.75, 3.05) is 0 Å². The molecule has 0 spiro atoms. The van der Waals surface area contributed by atoms with Crippen LogP contribution in [0.3, 0.4) is 0 Å². The van der Waals surface area contributed by atoms with Crippen LogP contribution in [0.25, 0.3) is 0 Å². The molecule has 1 aromatic rings. The van der Waals surface area contributed by atoms with Crippen LogP contribution < -0.4 is 0 Å². The average Bonchev–Trinajstić information content (AvgIpc) is 1.86. The Kier molecular flexibility index (Phi) is 5.18. The molecule has 3 nitrogen and oxygen atoms in total. The Balaban J connectivity index is 0.00000121. The molecule has 0 amide bonds. The van der Waals surface area contributed by atoms with Crippen molar-refractivity contribution >= 4 is 60.0 Å². The molecule has 0 aliphatic rings. The molecular formula is C6H5IO3STl. The zero-order valence-corrected chi connectivity index (χ0v) is 13.4. The predicted molar refractivity (Wildman–Crippen MR) is 54.7 cm³/mol. The summed E-state index contributed by atoms with van der Waals surface area (Å²) in [6.07, 6.45) is 0. The SMILES string of the molecule is O=S(=O)(O)c1ccc(I)cc1.[Tl]. The van der Waals surface area contributed by atoms with E-state index in [4.69, 9.17) is 4.55 Å². The zero-order chi connectivity index (χ0) is 8.48. The second kappa shape index (κ2) is 4.86. The van der Waals surface area contributed by atoms with E-state index in [-0.39, 0.29) is 32.2 Å². The van der Waals surface area contributed by atoms with Crippen molar-refractivity contribution in [3.05, 3.63) is 27.8 Å². The van der Waals surface area contributed by atoms with Crippen molar-refractivity contribution in [2.24, 2.45) is 0 Å². The largest absolute Gasteiger partial charge is 0.294 e. The van der Waals surface area contributed by atoms with Crippen LogP contribution in [0.2, 0.25) is 0 Å². The van der Waals surface area contributed by atoms with Gasteiger partial charge in [-0.05, 0) is 46.9 Å². The molecule has 1 aromatic carbocycles. The Hall–Kier alpha value is 0.782. The summed E-state index contributed by atoms with van der Waals surface area (Å²) in [7, 11) is -4.02. The van der Waals surface area contributed by atoms with E-state index in [2.05, 4.69) is 0 Å². The monoisotopic (exact) mass is 489 g/mol. The third-order valence-electron chi connectivity index (χ3n) is 1.11. The minimum Gasteiger partial charge on any atom is -0.282 e. The third kappa shape index (κ3) is 3.66. The van der Waals surface area contributed by atoms with E-state index in [1.165, 1.54) is 12.1 Å². The summed E-state index contributed by atoms with van der Waals surface area (Å²) in [5.74, 6) is 0. The van der Waals surface area contributed by atoms with Crippen LogP contribution >= 0.6 is 22.6 Å². The summed E-state index contributed by atoms with van der Waals surface area (Å²) in [5.41, 5.74) is 0. The van der Waals surface area contributed by atoms with Crippen molar-refractivity contribution < 1.29 is 13.0 Å². The Labute approximate surface area is 105 Å². The standard InChI is InChI=1S/C6H5IO3S.Tl/c7-5-1-3-6(4-2-5)11(8,9)10;/h1-4H,(H,8,9,10);. The number of hydrogen-bond donors (Lipinski definition) is 1. The first-order valence-corrected chi connectivity index (χ1v) is 5.25. The van der Waals surface area contributed by atoms with Crippen LogP contribution in [0, 0.1) is 3.57 Å². The molecule has 0 atom stereocenters. The fourth-order valence-corrected chi connectivity index (χ4v) is 1.45. The minimum atomic E-state index is -4.02. The zero-order valence-electron chi connectivity index (χ0n) is 5.94. The summed E-state index contributed by atoms with van der Waals surface area (Å²) >= 11 is 2.05. The van der Waals surface area contributed by atoms with Gasteiger partial charge in [-0.25, -0.2) is 0 Å². The van der Waals surface area contributed by atoms with Gasteiger partial charge in [-0.15, -0.1) is 0 Å². The molecule has 6 heteroatoms. The molecule has 0 saturated heterocycles. The molecule has 0 aliphatic carbocycles. The molecule has 0 aromatic heterocycles. The second-order valence-corrected chi connectivity index (χ2v) is 4.60. The molecular weight excluding hydrogens is 483 g/mol. The van der Waals surface area contributed by atoms with E-state index in [1.807, 2.05) is 22.6 Å². The van der Waals surface area contributed by atoms with E-state index < -0.39 is 10.1 Å². The van der Waals surface area contributed by atoms with E-state index in [0.29, 0.717) is 0 Å². The molecule has 12 heavy (non-hydrogen) atoms. The molecule has 63 valence electrons. The van der Waals surface area contributed by atoms with Crippen molar-refractivity contribution in [3.63, 3.8) is 0 Å². The van der Waals surface area contributed by atoms with Crippen LogP contribution in [0.1, 0.15) is 0 Å². The molecule has 0 fully saturated rings. The number of hydrogen-bond acceptors (Lipinski definition) is 2. The van der Waals surface area contributed by atoms with Crippen LogP contribution in [-0.4, -0.2) is 40.3 Å². The van der Waals surface area contributed by atoms with Gasteiger partial charge in [0, 0.05) is 30.9 Å². The van der Waals surface area contributed by atoms with Gasteiger partial charge >= 0.3 is 0 Å². The predicted octanol–water partition coefficient (Wildman–Crippen LogP) is 1.16. The second-order valence-electron chi connectivity index (χ2n) is 1.93. The van der Waals surface area contributed by atoms with Gasteiger partial charge in [0.1, 0.15) is 0 Å². The van der Waals surface area contributed by atoms with Crippen molar-refractivity contribution in [1.29, 1.82) is 0 Å². The summed E-state index contributed by atoms with van der Waals surface area (Å²) in [6.45, 7) is 0. The molecule has 1 rings (SSSR count). The summed E-state index contributed by atoms with van der Waals surface area (Å²) < 4.78 is 30.5. The smallest absolute Gasteiger partial charge is 0.282 e. The van der Waals surface area contributed by atoms with Crippen LogP contribution in [0.4, 0.5) is 0 Å². The average molecular weight is 488 g/mol. The van der Waals surface area contributed by atoms with E-state index >= 15 is 0 Å². The van der Waals surface area contributed by atoms with E-state index in [0.717, 1.165) is 3.57 Å². The normalized spacial score (nSPS) is 10.5. The van der Waals surface area contributed by atoms with Gasteiger partial charge in [0.15, 0.2) is 0 Å². The molecule has 0 bridgehead atoms. The number of halogens is 1. The van der Waals surface area contributed by atoms with Crippen LogP contribution in [-0.2, 0) is 10.1 Å². The Bertz CT molecular complexity index is 346. The maximum absolute atomic E-state index is 10.5. The number of rotatable bonds is 1. The summed E-state index contributed by atoms with van der Waals surface area (Å²) in [5, 5.41) is 0. The van der Waals surface area contributed by atoms with Gasteiger partial charge in [0.05, 0.1) is 4.90 Å². The van der Waals surface area contributed by atoms with Crippen molar-refractivity contribution in [1.82, 2.24) is 0 Å². The fraction of sp³-hybridized carbons (Fsp3) is 0. The first-order valence-electron chi connectivity index (χ1n) is 2.73. The van der Waals surface area contributed by atoms with Gasteiger partial charge in [-0.1, -0.05) is 0 Å². The van der Waals surface area contributed by atoms with E-state index in [1.54, 1.807) is 12.1 Å². The Morgan fingerprint density at radius 2 is 1.58 bits per heavy atom. The molecule has 0 saturated carbocycles. The first-order chi connectivity index (χ1) is 5.00. The van der Waals surface area contributed by atoms with Gasteiger partial charge in [0.25, 0.3) is 10.1 Å². The summed E-state index contributed by atoms with van der Waals surface area (Å²) in [4.78, 5) is -0.0714. The van der Waals surface area contributed by atoms with E-state index in [9.17, 15) is 8.42 Å². The third-order valence-corrected chi connectivity index (χ3v) is 2.70. The van der Waals surface area contributed by atoms with Gasteiger partial charge in [0.2, 0.25) is 0 Å². The maximum Gasteiger partial charge on any atom is 0.294 e. The van der Waals surface area contributed by atoms with Crippen molar-refractivity contribution in [3.8, 4) is 0 Å². The first kappa shape index (κ1) is 12.8. The minimum absolute atomic E-state index is 0. The van der Waals surface area contributed by atoms with Gasteiger partial charge in [-0.3, -0.25) is 4.55 Å². The molecule has 0 unspecified atom stereocenters. The fourth-order valence-electron chi connectivity index (χ4n) is 0.607. The molecule has 1 radical (unpaired) electrons. The summed E-state index contributed by atoms with van der Waals surface area (Å²) in [6, 6.07) is 5.95. The quantitative estimate of drug-likeness (QED) is 0.367. The Morgan fingerprint density at radius 1 is 1.17 bits per heavy atom. The molecule has 0 aliphatic heterocycles. The number of benzene rings is 1. The van der Waals surface area contributed by atoms with Crippen LogP contribution in [0.15, 0.2) is 29.2 Å². The van der Waals surface area contributed by atoms with Crippen LogP contribution in [0.5, 0.6) is 0 Å². The maximum atomic E-state index is 10.5. The van der Waals surface area contributed by atoms with Gasteiger partial charge in [-0.2, -0.15) is 8.42 Å². The van der Waals surface area contributed by atoms with Gasteiger partial charge < -0.3 is 0 Å². The topological polar surface area (TPSA) is 54.4 Å². The molecule has 0 heterocycles. The molecule has 1 N–H and O–H groups in total. The Morgan fingerprint density at radius 3 is 1.92 bits per heavy atom.